The second kappa shape index (κ2) is 6.54. The lowest BCUT2D eigenvalue weighted by molar-refractivity contribution is -0.122. The van der Waals surface area contributed by atoms with Gasteiger partial charge < -0.3 is 20.4 Å². The van der Waals surface area contributed by atoms with Gasteiger partial charge in [0, 0.05) is 36.8 Å². The average Bonchev–Trinajstić information content (AvgIpc) is 2.77. The minimum absolute atomic E-state index is 0.00306. The Morgan fingerprint density at radius 3 is 2.90 bits per heavy atom. The van der Waals surface area contributed by atoms with E-state index >= 15 is 0 Å². The van der Waals surface area contributed by atoms with E-state index in [-0.39, 0.29) is 18.5 Å². The lowest BCUT2D eigenvalue weighted by Gasteiger charge is -2.13. The zero-order valence-corrected chi connectivity index (χ0v) is 11.9. The van der Waals surface area contributed by atoms with Crippen LogP contribution in [0.4, 0.5) is 0 Å². The van der Waals surface area contributed by atoms with Crippen LogP contribution in [0.2, 0.25) is 0 Å². The third-order valence-corrected chi connectivity index (χ3v) is 3.23. The van der Waals surface area contributed by atoms with E-state index in [9.17, 15) is 4.79 Å². The van der Waals surface area contributed by atoms with Gasteiger partial charge in [-0.05, 0) is 18.6 Å². The van der Waals surface area contributed by atoms with Gasteiger partial charge in [0.25, 0.3) is 0 Å². The number of hydrogen-bond donors (Lipinski definition) is 2. The largest absolute Gasteiger partial charge is 0.383 e. The lowest BCUT2D eigenvalue weighted by atomic mass is 10.2. The van der Waals surface area contributed by atoms with Crippen LogP contribution in [0.5, 0.6) is 0 Å². The van der Waals surface area contributed by atoms with Crippen molar-refractivity contribution in [2.75, 3.05) is 13.7 Å². The fourth-order valence-corrected chi connectivity index (χ4v) is 2.38. The molecule has 0 radical (unpaired) electrons. The summed E-state index contributed by atoms with van der Waals surface area (Å²) in [6.45, 7) is 3.18. The molecule has 1 unspecified atom stereocenters. The molecular weight excluding hydrogens is 254 g/mol. The maximum Gasteiger partial charge on any atom is 0.240 e. The lowest BCUT2D eigenvalue weighted by Crippen LogP contribution is -2.37. The molecule has 20 heavy (non-hydrogen) atoms. The van der Waals surface area contributed by atoms with Crippen LogP contribution in [0.1, 0.15) is 12.5 Å². The van der Waals surface area contributed by atoms with Crippen molar-refractivity contribution in [1.82, 2.24) is 9.88 Å². The molecule has 0 aliphatic carbocycles. The molecule has 108 valence electrons. The van der Waals surface area contributed by atoms with Crippen LogP contribution in [-0.4, -0.2) is 30.2 Å². The van der Waals surface area contributed by atoms with Gasteiger partial charge in [0.05, 0.1) is 6.61 Å². The van der Waals surface area contributed by atoms with Gasteiger partial charge in [0.1, 0.15) is 6.54 Å². The highest BCUT2D eigenvalue weighted by molar-refractivity contribution is 5.86. The predicted molar refractivity (Wildman–Crippen MR) is 79.3 cm³/mol. The summed E-state index contributed by atoms with van der Waals surface area (Å²) < 4.78 is 6.95. The number of para-hydroxylation sites is 1. The van der Waals surface area contributed by atoms with Gasteiger partial charge in [-0.25, -0.2) is 0 Å². The van der Waals surface area contributed by atoms with Crippen LogP contribution in [-0.2, 0) is 22.6 Å². The molecule has 0 bridgehead atoms. The quantitative estimate of drug-likeness (QED) is 0.833. The molecule has 0 aliphatic heterocycles. The first kappa shape index (κ1) is 14.6. The first-order valence-electron chi connectivity index (χ1n) is 6.70. The number of hydrogen-bond acceptors (Lipinski definition) is 3. The summed E-state index contributed by atoms with van der Waals surface area (Å²) >= 11 is 0. The average molecular weight is 275 g/mol. The number of methoxy groups -OCH3 is 1. The number of aromatic nitrogens is 1. The molecule has 2 aromatic rings. The topological polar surface area (TPSA) is 69.3 Å². The number of ether oxygens (including phenoxy) is 1. The normalized spacial score (nSPS) is 12.6. The van der Waals surface area contributed by atoms with Crippen molar-refractivity contribution in [3.63, 3.8) is 0 Å². The van der Waals surface area contributed by atoms with Crippen molar-refractivity contribution >= 4 is 16.8 Å². The molecule has 5 heteroatoms. The van der Waals surface area contributed by atoms with E-state index in [1.165, 1.54) is 0 Å². The van der Waals surface area contributed by atoms with Gasteiger partial charge in [0.2, 0.25) is 5.91 Å². The zero-order chi connectivity index (χ0) is 14.5. The Balaban J connectivity index is 2.15. The molecule has 0 aliphatic rings. The Bertz CT molecular complexity index is 592. The molecule has 1 atom stereocenters. The molecule has 0 saturated heterocycles. The summed E-state index contributed by atoms with van der Waals surface area (Å²) in [6, 6.07) is 7.97. The summed E-state index contributed by atoms with van der Waals surface area (Å²) in [7, 11) is 1.62. The molecule has 2 rings (SSSR count). The molecular formula is C15H21N3O2. The number of nitrogens with two attached hydrogens (primary N) is 1. The minimum atomic E-state index is -0.0288. The minimum Gasteiger partial charge on any atom is -0.383 e. The van der Waals surface area contributed by atoms with E-state index in [0.29, 0.717) is 13.2 Å². The number of nitrogens with one attached hydrogen (secondary N) is 1. The highest BCUT2D eigenvalue weighted by Gasteiger charge is 2.11. The van der Waals surface area contributed by atoms with Crippen LogP contribution in [0.3, 0.4) is 0 Å². The molecule has 1 heterocycles. The maximum atomic E-state index is 12.0. The van der Waals surface area contributed by atoms with Gasteiger partial charge in [-0.15, -0.1) is 0 Å². The number of carbonyl (C=O) groups is 1. The van der Waals surface area contributed by atoms with E-state index in [1.807, 2.05) is 42.0 Å². The number of benzene rings is 1. The Morgan fingerprint density at radius 1 is 1.45 bits per heavy atom. The van der Waals surface area contributed by atoms with Crippen LogP contribution in [0.15, 0.2) is 30.5 Å². The summed E-state index contributed by atoms with van der Waals surface area (Å²) in [6.07, 6.45) is 1.95. The number of carbonyl (C=O) groups excluding carboxylic acids is 1. The number of rotatable bonds is 6. The standard InChI is InChI=1S/C15H21N3O2/c1-11(10-20-2)17-15(19)9-18-8-12(7-16)13-5-3-4-6-14(13)18/h3-6,8,11H,7,9-10,16H2,1-2H3,(H,17,19). The highest BCUT2D eigenvalue weighted by Crippen LogP contribution is 2.20. The Kier molecular flexibility index (Phi) is 4.76. The SMILES string of the molecule is COCC(C)NC(=O)Cn1cc(CN)c2ccccc21. The third kappa shape index (κ3) is 3.18. The summed E-state index contributed by atoms with van der Waals surface area (Å²) in [5.41, 5.74) is 7.83. The molecule has 3 N–H and O–H groups in total. The van der Waals surface area contributed by atoms with Crippen molar-refractivity contribution < 1.29 is 9.53 Å². The molecule has 1 aromatic carbocycles. The highest BCUT2D eigenvalue weighted by atomic mass is 16.5. The third-order valence-electron chi connectivity index (χ3n) is 3.23. The monoisotopic (exact) mass is 275 g/mol. The fraction of sp³-hybridized carbons (Fsp3) is 0.400. The summed E-state index contributed by atoms with van der Waals surface area (Å²) in [4.78, 5) is 12.0. The second-order valence-electron chi connectivity index (χ2n) is 4.93. The van der Waals surface area contributed by atoms with Crippen LogP contribution < -0.4 is 11.1 Å². The smallest absolute Gasteiger partial charge is 0.240 e. The molecule has 0 saturated carbocycles. The predicted octanol–water partition coefficient (Wildman–Crippen LogP) is 1.25. The second-order valence-corrected chi connectivity index (χ2v) is 4.93. The zero-order valence-electron chi connectivity index (χ0n) is 11.9. The van der Waals surface area contributed by atoms with E-state index < -0.39 is 0 Å². The van der Waals surface area contributed by atoms with Crippen molar-refractivity contribution in [2.24, 2.45) is 5.73 Å². The molecule has 1 aromatic heterocycles. The number of nitrogens with zero attached hydrogens (tertiary/aromatic N) is 1. The summed E-state index contributed by atoms with van der Waals surface area (Å²) in [5.74, 6) is -0.0288. The van der Waals surface area contributed by atoms with E-state index in [4.69, 9.17) is 10.5 Å². The molecule has 0 fully saturated rings. The number of amides is 1. The molecule has 1 amide bonds. The van der Waals surface area contributed by atoms with Gasteiger partial charge in [-0.2, -0.15) is 0 Å². The van der Waals surface area contributed by atoms with Gasteiger partial charge in [-0.3, -0.25) is 4.79 Å². The maximum absolute atomic E-state index is 12.0. The van der Waals surface area contributed by atoms with Crippen LogP contribution in [0, 0.1) is 0 Å². The Labute approximate surface area is 118 Å². The fourth-order valence-electron chi connectivity index (χ4n) is 2.38. The summed E-state index contributed by atoms with van der Waals surface area (Å²) in [5, 5.41) is 4.01. The Morgan fingerprint density at radius 2 is 2.20 bits per heavy atom. The van der Waals surface area contributed by atoms with Crippen molar-refractivity contribution in [3.8, 4) is 0 Å². The van der Waals surface area contributed by atoms with E-state index in [1.54, 1.807) is 7.11 Å². The Hall–Kier alpha value is -1.85. The van der Waals surface area contributed by atoms with Crippen LogP contribution >= 0.6 is 0 Å². The van der Waals surface area contributed by atoms with E-state index in [2.05, 4.69) is 5.32 Å². The van der Waals surface area contributed by atoms with Crippen molar-refractivity contribution in [1.29, 1.82) is 0 Å². The van der Waals surface area contributed by atoms with Crippen molar-refractivity contribution in [2.45, 2.75) is 26.1 Å². The number of fused-ring (bicyclic) bond motifs is 1. The first-order valence-corrected chi connectivity index (χ1v) is 6.70. The van der Waals surface area contributed by atoms with Crippen LogP contribution in [0.25, 0.3) is 10.9 Å². The first-order chi connectivity index (χ1) is 9.65. The van der Waals surface area contributed by atoms with Gasteiger partial charge in [0.15, 0.2) is 0 Å². The van der Waals surface area contributed by atoms with Crippen molar-refractivity contribution in [3.05, 3.63) is 36.0 Å². The van der Waals surface area contributed by atoms with E-state index in [0.717, 1.165) is 16.5 Å². The van der Waals surface area contributed by atoms with Gasteiger partial charge in [-0.1, -0.05) is 18.2 Å². The molecule has 0 spiro atoms. The van der Waals surface area contributed by atoms with Gasteiger partial charge >= 0.3 is 0 Å². The molecule has 5 nitrogen and oxygen atoms in total.